The molecule has 0 aliphatic carbocycles. The van der Waals surface area contributed by atoms with Crippen LogP contribution < -0.4 is 5.32 Å². The fourth-order valence-electron chi connectivity index (χ4n) is 2.64. The molecule has 0 bridgehead atoms. The van der Waals surface area contributed by atoms with E-state index in [1.165, 1.54) is 0 Å². The highest BCUT2D eigenvalue weighted by Crippen LogP contribution is 2.21. The van der Waals surface area contributed by atoms with Crippen LogP contribution in [-0.2, 0) is 11.3 Å². The van der Waals surface area contributed by atoms with Gasteiger partial charge in [-0.3, -0.25) is 4.79 Å². The molecular weight excluding hydrogens is 332 g/mol. The molecule has 2 aromatic heterocycles. The summed E-state index contributed by atoms with van der Waals surface area (Å²) in [6.07, 6.45) is 5.26. The number of amides is 1. The van der Waals surface area contributed by atoms with Gasteiger partial charge >= 0.3 is 0 Å². The van der Waals surface area contributed by atoms with Gasteiger partial charge in [-0.1, -0.05) is 0 Å². The number of carbonyl (C=O) groups excluding carboxylic acids is 1. The van der Waals surface area contributed by atoms with Crippen molar-refractivity contribution in [3.8, 4) is 5.69 Å². The number of fused-ring (bicyclic) bond motifs is 1. The van der Waals surface area contributed by atoms with Gasteiger partial charge in [0.2, 0.25) is 5.89 Å². The molecule has 130 valence electrons. The number of hydrogen-bond acceptors (Lipinski definition) is 5. The molecule has 1 N–H and O–H groups in total. The second-order valence-corrected chi connectivity index (χ2v) is 5.69. The first-order valence-electron chi connectivity index (χ1n) is 8.01. The third kappa shape index (κ3) is 3.20. The molecule has 2 aromatic carbocycles. The molecular formula is C19H16N4O3. The van der Waals surface area contributed by atoms with Crippen LogP contribution in [0.25, 0.3) is 16.8 Å². The molecule has 0 atom stereocenters. The van der Waals surface area contributed by atoms with E-state index < -0.39 is 0 Å². The average molecular weight is 348 g/mol. The van der Waals surface area contributed by atoms with Gasteiger partial charge in [-0.05, 0) is 42.5 Å². The first-order valence-corrected chi connectivity index (χ1v) is 8.01. The minimum absolute atomic E-state index is 0.192. The van der Waals surface area contributed by atoms with E-state index >= 15 is 0 Å². The van der Waals surface area contributed by atoms with E-state index in [4.69, 9.17) is 9.15 Å². The van der Waals surface area contributed by atoms with Gasteiger partial charge < -0.3 is 19.0 Å². The number of imidazole rings is 1. The number of carbonyl (C=O) groups is 1. The molecule has 0 saturated carbocycles. The van der Waals surface area contributed by atoms with E-state index in [-0.39, 0.29) is 5.91 Å². The highest BCUT2D eigenvalue weighted by atomic mass is 16.5. The van der Waals surface area contributed by atoms with E-state index in [1.54, 1.807) is 50.0 Å². The smallest absolute Gasteiger partial charge is 0.255 e. The summed E-state index contributed by atoms with van der Waals surface area (Å²) in [4.78, 5) is 20.8. The molecule has 2 heterocycles. The number of methoxy groups -OCH3 is 1. The van der Waals surface area contributed by atoms with Gasteiger partial charge in [0.25, 0.3) is 5.91 Å². The first-order chi connectivity index (χ1) is 12.7. The molecule has 0 aliphatic rings. The van der Waals surface area contributed by atoms with Crippen LogP contribution in [0.3, 0.4) is 0 Å². The lowest BCUT2D eigenvalue weighted by Crippen LogP contribution is -2.11. The summed E-state index contributed by atoms with van der Waals surface area (Å²) < 4.78 is 12.4. The van der Waals surface area contributed by atoms with Gasteiger partial charge in [0.1, 0.15) is 12.1 Å². The van der Waals surface area contributed by atoms with Crippen LogP contribution in [-0.4, -0.2) is 27.6 Å². The summed E-state index contributed by atoms with van der Waals surface area (Å²) in [6.45, 7) is 0.305. The maximum atomic E-state index is 12.5. The molecule has 1 amide bonds. The van der Waals surface area contributed by atoms with Crippen LogP contribution in [0.4, 0.5) is 5.69 Å². The number of benzene rings is 2. The van der Waals surface area contributed by atoms with Gasteiger partial charge in [-0.15, -0.1) is 0 Å². The zero-order chi connectivity index (χ0) is 17.9. The number of ether oxygens (including phenoxy) is 1. The molecule has 0 fully saturated rings. The Morgan fingerprint density at radius 2 is 2.08 bits per heavy atom. The minimum Gasteiger partial charge on any atom is -0.438 e. The Labute approximate surface area is 149 Å². The van der Waals surface area contributed by atoms with Crippen molar-refractivity contribution in [2.45, 2.75) is 6.61 Å². The quantitative estimate of drug-likeness (QED) is 0.598. The Morgan fingerprint density at radius 3 is 2.81 bits per heavy atom. The number of aromatic nitrogens is 3. The maximum Gasteiger partial charge on any atom is 0.255 e. The van der Waals surface area contributed by atoms with Crippen LogP contribution in [0, 0.1) is 0 Å². The Balaban J connectivity index is 1.51. The van der Waals surface area contributed by atoms with E-state index in [9.17, 15) is 4.79 Å². The van der Waals surface area contributed by atoms with Crippen molar-refractivity contribution in [1.82, 2.24) is 14.5 Å². The molecule has 26 heavy (non-hydrogen) atoms. The highest BCUT2D eigenvalue weighted by Gasteiger charge is 2.10. The van der Waals surface area contributed by atoms with Crippen molar-refractivity contribution in [3.05, 3.63) is 72.6 Å². The molecule has 0 radical (unpaired) electrons. The topological polar surface area (TPSA) is 82.2 Å². The standard InChI is InChI=1S/C19H16N4O3/c1-25-11-18-22-16-10-14(4-7-17(16)26-18)21-19(24)13-2-5-15(6-3-13)23-9-8-20-12-23/h2-10,12H,11H2,1H3,(H,21,24). The Morgan fingerprint density at radius 1 is 1.23 bits per heavy atom. The molecule has 0 saturated heterocycles. The SMILES string of the molecule is COCc1nc2cc(NC(=O)c3ccc(-n4ccnc4)cc3)ccc2o1. The molecule has 4 rings (SSSR count). The van der Waals surface area contributed by atoms with E-state index in [1.807, 2.05) is 22.9 Å². The Bertz CT molecular complexity index is 1040. The third-order valence-electron chi connectivity index (χ3n) is 3.89. The van der Waals surface area contributed by atoms with E-state index in [0.717, 1.165) is 5.69 Å². The first kappa shape index (κ1) is 16.0. The van der Waals surface area contributed by atoms with Crippen LogP contribution in [0.1, 0.15) is 16.2 Å². The monoisotopic (exact) mass is 348 g/mol. The fourth-order valence-corrected chi connectivity index (χ4v) is 2.64. The van der Waals surface area contributed by atoms with E-state index in [2.05, 4.69) is 15.3 Å². The lowest BCUT2D eigenvalue weighted by molar-refractivity contribution is 0.102. The second-order valence-electron chi connectivity index (χ2n) is 5.69. The van der Waals surface area contributed by atoms with Crippen molar-refractivity contribution < 1.29 is 13.9 Å². The van der Waals surface area contributed by atoms with Crippen LogP contribution in [0.2, 0.25) is 0 Å². The predicted molar refractivity (Wildman–Crippen MR) is 96.2 cm³/mol. The van der Waals surface area contributed by atoms with Crippen LogP contribution in [0.5, 0.6) is 0 Å². The third-order valence-corrected chi connectivity index (χ3v) is 3.89. The number of anilines is 1. The second kappa shape index (κ2) is 6.81. The van der Waals surface area contributed by atoms with Crippen molar-refractivity contribution in [1.29, 1.82) is 0 Å². The Hall–Kier alpha value is -3.45. The summed E-state index contributed by atoms with van der Waals surface area (Å²) in [6, 6.07) is 12.6. The zero-order valence-corrected chi connectivity index (χ0v) is 14.0. The minimum atomic E-state index is -0.192. The summed E-state index contributed by atoms with van der Waals surface area (Å²) >= 11 is 0. The lowest BCUT2D eigenvalue weighted by atomic mass is 10.2. The van der Waals surface area contributed by atoms with E-state index in [0.29, 0.717) is 34.8 Å². The largest absolute Gasteiger partial charge is 0.438 e. The number of nitrogens with one attached hydrogen (secondary N) is 1. The van der Waals surface area contributed by atoms with Gasteiger partial charge in [0.05, 0.1) is 6.33 Å². The summed E-state index contributed by atoms with van der Waals surface area (Å²) in [7, 11) is 1.58. The normalized spacial score (nSPS) is 11.0. The molecule has 7 heteroatoms. The van der Waals surface area contributed by atoms with Crippen molar-refractivity contribution in [2.75, 3.05) is 12.4 Å². The number of oxazole rings is 1. The van der Waals surface area contributed by atoms with Crippen LogP contribution in [0.15, 0.2) is 65.6 Å². The average Bonchev–Trinajstić information content (AvgIpc) is 3.31. The molecule has 4 aromatic rings. The van der Waals surface area contributed by atoms with Gasteiger partial charge in [-0.25, -0.2) is 9.97 Å². The molecule has 0 unspecified atom stereocenters. The van der Waals surface area contributed by atoms with Gasteiger partial charge in [0, 0.05) is 36.4 Å². The fraction of sp³-hybridized carbons (Fsp3) is 0.105. The summed E-state index contributed by atoms with van der Waals surface area (Å²) in [5.41, 5.74) is 3.48. The Kier molecular flexibility index (Phi) is 4.20. The molecule has 7 nitrogen and oxygen atoms in total. The predicted octanol–water partition coefficient (Wildman–Crippen LogP) is 3.41. The van der Waals surface area contributed by atoms with Crippen LogP contribution >= 0.6 is 0 Å². The zero-order valence-electron chi connectivity index (χ0n) is 14.0. The summed E-state index contributed by atoms with van der Waals surface area (Å²) in [5.74, 6) is 0.309. The maximum absolute atomic E-state index is 12.5. The number of nitrogens with zero attached hydrogens (tertiary/aromatic N) is 3. The molecule has 0 spiro atoms. The van der Waals surface area contributed by atoms with Crippen molar-refractivity contribution in [3.63, 3.8) is 0 Å². The van der Waals surface area contributed by atoms with Gasteiger partial charge in [-0.2, -0.15) is 0 Å². The lowest BCUT2D eigenvalue weighted by Gasteiger charge is -2.06. The van der Waals surface area contributed by atoms with Gasteiger partial charge in [0.15, 0.2) is 5.58 Å². The molecule has 0 aliphatic heterocycles. The number of hydrogen-bond donors (Lipinski definition) is 1. The number of rotatable bonds is 5. The van der Waals surface area contributed by atoms with Crippen molar-refractivity contribution in [2.24, 2.45) is 0 Å². The summed E-state index contributed by atoms with van der Waals surface area (Å²) in [5, 5.41) is 2.87. The van der Waals surface area contributed by atoms with Crippen molar-refractivity contribution >= 4 is 22.7 Å². The highest BCUT2D eigenvalue weighted by molar-refractivity contribution is 6.05.